The van der Waals surface area contributed by atoms with E-state index in [1.807, 2.05) is 13.1 Å². The van der Waals surface area contributed by atoms with E-state index in [1.54, 1.807) is 4.90 Å². The summed E-state index contributed by atoms with van der Waals surface area (Å²) in [5, 5.41) is 23.2. The quantitative estimate of drug-likeness (QED) is 0.622. The van der Waals surface area contributed by atoms with E-state index in [9.17, 15) is 10.1 Å². The first-order valence-corrected chi connectivity index (χ1v) is 6.22. The molecule has 1 N–H and O–H groups in total. The molecule has 1 aliphatic rings. The minimum atomic E-state index is -0.552. The molecule has 0 radical (unpaired) electrons. The fraction of sp³-hybridized carbons (Fsp3) is 0.500. The summed E-state index contributed by atoms with van der Waals surface area (Å²) in [7, 11) is 1.82. The third-order valence-electron chi connectivity index (χ3n) is 3.08. The first kappa shape index (κ1) is 14.2. The fourth-order valence-corrected chi connectivity index (χ4v) is 2.21. The van der Waals surface area contributed by atoms with Crippen molar-refractivity contribution in [2.75, 3.05) is 38.2 Å². The second-order valence-electron chi connectivity index (χ2n) is 4.40. The number of nitriles is 1. The lowest BCUT2D eigenvalue weighted by molar-refractivity contribution is -0.384. The van der Waals surface area contributed by atoms with Crippen molar-refractivity contribution in [3.63, 3.8) is 0 Å². The zero-order chi connectivity index (χ0) is 14.5. The molecular formula is C12H15N5O3. The molecule has 1 fully saturated rings. The van der Waals surface area contributed by atoms with Crippen LogP contribution in [-0.4, -0.2) is 49.3 Å². The first-order valence-electron chi connectivity index (χ1n) is 6.22. The number of likely N-dealkylation sites (N-methyl/N-ethyl adjacent to an activating group) is 1. The van der Waals surface area contributed by atoms with Gasteiger partial charge in [-0.1, -0.05) is 0 Å². The molecule has 1 aromatic heterocycles. The van der Waals surface area contributed by atoms with Crippen LogP contribution in [0, 0.1) is 21.4 Å². The van der Waals surface area contributed by atoms with Crippen LogP contribution in [0.1, 0.15) is 5.56 Å². The third-order valence-corrected chi connectivity index (χ3v) is 3.08. The van der Waals surface area contributed by atoms with E-state index in [1.165, 1.54) is 12.3 Å². The Morgan fingerprint density at radius 3 is 3.20 bits per heavy atom. The van der Waals surface area contributed by atoms with Crippen molar-refractivity contribution < 1.29 is 9.66 Å². The van der Waals surface area contributed by atoms with Gasteiger partial charge in [0.05, 0.1) is 17.6 Å². The number of hydrogen-bond acceptors (Lipinski definition) is 7. The van der Waals surface area contributed by atoms with Crippen LogP contribution in [0.3, 0.4) is 0 Å². The number of morpholine rings is 1. The molecule has 0 spiro atoms. The summed E-state index contributed by atoms with van der Waals surface area (Å²) in [6.07, 6.45) is 1.37. The van der Waals surface area contributed by atoms with Gasteiger partial charge in [-0.2, -0.15) is 5.26 Å². The van der Waals surface area contributed by atoms with Gasteiger partial charge in [-0.3, -0.25) is 10.1 Å². The molecule has 0 aliphatic carbocycles. The van der Waals surface area contributed by atoms with E-state index < -0.39 is 4.92 Å². The number of hydrogen-bond donors (Lipinski definition) is 1. The zero-order valence-electron chi connectivity index (χ0n) is 11.1. The number of nitrogens with one attached hydrogen (secondary N) is 1. The van der Waals surface area contributed by atoms with Gasteiger partial charge in [0.15, 0.2) is 0 Å². The summed E-state index contributed by atoms with van der Waals surface area (Å²) in [5.74, 6) is 0.235. The molecule has 0 bridgehead atoms. The molecular weight excluding hydrogens is 262 g/mol. The van der Waals surface area contributed by atoms with E-state index in [0.717, 1.165) is 0 Å². The Kier molecular flexibility index (Phi) is 4.45. The molecule has 2 heterocycles. The van der Waals surface area contributed by atoms with Crippen molar-refractivity contribution >= 4 is 11.5 Å². The lowest BCUT2D eigenvalue weighted by Gasteiger charge is -2.33. The fourth-order valence-electron chi connectivity index (χ4n) is 2.21. The van der Waals surface area contributed by atoms with E-state index in [2.05, 4.69) is 10.3 Å². The van der Waals surface area contributed by atoms with Gasteiger partial charge >= 0.3 is 5.69 Å². The lowest BCUT2D eigenvalue weighted by Crippen LogP contribution is -2.46. The number of pyridine rings is 1. The van der Waals surface area contributed by atoms with Crippen LogP contribution in [0.15, 0.2) is 12.3 Å². The maximum atomic E-state index is 11.2. The molecule has 1 aliphatic heterocycles. The number of rotatable bonds is 4. The smallest absolute Gasteiger partial charge is 0.329 e. The predicted molar refractivity (Wildman–Crippen MR) is 71.5 cm³/mol. The van der Waals surface area contributed by atoms with Crippen molar-refractivity contribution in [3.05, 3.63) is 27.9 Å². The Morgan fingerprint density at radius 2 is 2.55 bits per heavy atom. The summed E-state index contributed by atoms with van der Waals surface area (Å²) >= 11 is 0. The van der Waals surface area contributed by atoms with Gasteiger partial charge in [0.25, 0.3) is 0 Å². The van der Waals surface area contributed by atoms with Gasteiger partial charge in [-0.25, -0.2) is 4.98 Å². The highest BCUT2D eigenvalue weighted by molar-refractivity contribution is 5.65. The highest BCUT2D eigenvalue weighted by Crippen LogP contribution is 2.30. The minimum Gasteiger partial charge on any atom is -0.373 e. The number of aromatic nitrogens is 1. The Balaban J connectivity index is 2.32. The summed E-state index contributed by atoms with van der Waals surface area (Å²) in [6.45, 7) is 2.15. The Bertz CT molecular complexity index is 540. The summed E-state index contributed by atoms with van der Waals surface area (Å²) in [5.41, 5.74) is -0.211. The van der Waals surface area contributed by atoms with Gasteiger partial charge in [0, 0.05) is 25.8 Å². The van der Waals surface area contributed by atoms with Crippen LogP contribution in [0.25, 0.3) is 0 Å². The second-order valence-corrected chi connectivity index (χ2v) is 4.40. The van der Waals surface area contributed by atoms with Crippen LogP contribution in [0.2, 0.25) is 0 Å². The molecule has 0 saturated carbocycles. The van der Waals surface area contributed by atoms with Crippen molar-refractivity contribution in [2.45, 2.75) is 6.10 Å². The average Bonchev–Trinajstić information content (AvgIpc) is 2.47. The van der Waals surface area contributed by atoms with Gasteiger partial charge in [-0.05, 0) is 13.1 Å². The Labute approximate surface area is 116 Å². The van der Waals surface area contributed by atoms with Gasteiger partial charge in [0.2, 0.25) is 5.82 Å². The lowest BCUT2D eigenvalue weighted by atomic mass is 10.2. The van der Waals surface area contributed by atoms with Gasteiger partial charge < -0.3 is 15.0 Å². The van der Waals surface area contributed by atoms with Crippen LogP contribution in [0.5, 0.6) is 0 Å². The van der Waals surface area contributed by atoms with Crippen molar-refractivity contribution in [1.82, 2.24) is 10.3 Å². The van der Waals surface area contributed by atoms with Crippen LogP contribution in [0.4, 0.5) is 11.5 Å². The summed E-state index contributed by atoms with van der Waals surface area (Å²) in [4.78, 5) is 16.5. The van der Waals surface area contributed by atoms with Crippen LogP contribution >= 0.6 is 0 Å². The van der Waals surface area contributed by atoms with Crippen LogP contribution < -0.4 is 10.2 Å². The van der Waals surface area contributed by atoms with E-state index in [0.29, 0.717) is 26.2 Å². The highest BCUT2D eigenvalue weighted by Gasteiger charge is 2.29. The molecule has 0 aromatic carbocycles. The molecule has 0 amide bonds. The molecule has 1 atom stereocenters. The van der Waals surface area contributed by atoms with Crippen molar-refractivity contribution in [3.8, 4) is 6.07 Å². The Hall–Kier alpha value is -2.24. The van der Waals surface area contributed by atoms with E-state index in [-0.39, 0.29) is 23.2 Å². The molecule has 1 saturated heterocycles. The van der Waals surface area contributed by atoms with Crippen molar-refractivity contribution in [2.24, 2.45) is 0 Å². The first-order chi connectivity index (χ1) is 9.67. The number of nitro groups is 1. The molecule has 2 rings (SSSR count). The number of ether oxygens (including phenoxy) is 1. The zero-order valence-corrected chi connectivity index (χ0v) is 11.1. The molecule has 20 heavy (non-hydrogen) atoms. The maximum Gasteiger partial charge on any atom is 0.329 e. The normalized spacial score (nSPS) is 18.6. The predicted octanol–water partition coefficient (Wildman–Crippen LogP) is 0.286. The SMILES string of the molecule is CNCC1CN(c2nccc(C#N)c2[N+](=O)[O-])CCO1. The van der Waals surface area contributed by atoms with Gasteiger partial charge in [-0.15, -0.1) is 0 Å². The summed E-state index contributed by atoms with van der Waals surface area (Å²) < 4.78 is 5.56. The molecule has 1 unspecified atom stereocenters. The standard InChI is InChI=1S/C12H15N5O3/c1-14-7-10-8-16(4-5-20-10)12-11(17(18)19)9(6-13)2-3-15-12/h2-3,10,14H,4-5,7-8H2,1H3. The monoisotopic (exact) mass is 277 g/mol. The van der Waals surface area contributed by atoms with E-state index in [4.69, 9.17) is 10.00 Å². The largest absolute Gasteiger partial charge is 0.373 e. The minimum absolute atomic E-state index is 0.0247. The maximum absolute atomic E-state index is 11.2. The number of nitrogens with zero attached hydrogens (tertiary/aromatic N) is 4. The summed E-state index contributed by atoms with van der Waals surface area (Å²) in [6, 6.07) is 3.20. The molecule has 8 heteroatoms. The van der Waals surface area contributed by atoms with Crippen molar-refractivity contribution in [1.29, 1.82) is 5.26 Å². The van der Waals surface area contributed by atoms with Gasteiger partial charge in [0.1, 0.15) is 11.6 Å². The highest BCUT2D eigenvalue weighted by atomic mass is 16.6. The molecule has 1 aromatic rings. The Morgan fingerprint density at radius 1 is 1.75 bits per heavy atom. The van der Waals surface area contributed by atoms with E-state index >= 15 is 0 Å². The number of anilines is 1. The molecule has 106 valence electrons. The second kappa shape index (κ2) is 6.27. The molecule has 8 nitrogen and oxygen atoms in total. The third kappa shape index (κ3) is 2.84. The van der Waals surface area contributed by atoms with Crippen LogP contribution in [-0.2, 0) is 4.74 Å². The average molecular weight is 277 g/mol. The topological polar surface area (TPSA) is 104 Å².